The molecule has 0 aliphatic carbocycles. The lowest BCUT2D eigenvalue weighted by Gasteiger charge is -2.12. The number of carbonyl (C=O) groups excluding carboxylic acids is 1. The lowest BCUT2D eigenvalue weighted by molar-refractivity contribution is 0.0952. The monoisotopic (exact) mass is 341 g/mol. The van der Waals surface area contributed by atoms with Crippen molar-refractivity contribution in [3.05, 3.63) is 29.8 Å². The maximum atomic E-state index is 12.2. The molecule has 0 aliphatic heterocycles. The molecule has 1 aromatic rings. The van der Waals surface area contributed by atoms with E-state index < -0.39 is 10.0 Å². The predicted octanol–water partition coefficient (Wildman–Crippen LogP) is 1.30. The van der Waals surface area contributed by atoms with Crippen LogP contribution in [0.25, 0.3) is 0 Å². The number of hydrogen-bond donors (Lipinski definition) is 2. The van der Waals surface area contributed by atoms with Crippen LogP contribution in [-0.4, -0.2) is 53.0 Å². The molecule has 0 aliphatic rings. The zero-order valence-electron chi connectivity index (χ0n) is 14.3. The molecule has 0 radical (unpaired) electrons. The van der Waals surface area contributed by atoms with Gasteiger partial charge in [0.1, 0.15) is 0 Å². The number of hydrogen-bond acceptors (Lipinski definition) is 4. The third kappa shape index (κ3) is 7.11. The Morgan fingerprint density at radius 3 is 2.52 bits per heavy atom. The first-order valence-corrected chi connectivity index (χ1v) is 9.23. The summed E-state index contributed by atoms with van der Waals surface area (Å²) in [7, 11) is 0.140. The second-order valence-electron chi connectivity index (χ2n) is 6.17. The van der Waals surface area contributed by atoms with E-state index in [9.17, 15) is 13.2 Å². The van der Waals surface area contributed by atoms with E-state index in [0.29, 0.717) is 31.1 Å². The molecule has 0 atom stereocenters. The fourth-order valence-corrected chi connectivity index (χ4v) is 2.93. The summed E-state index contributed by atoms with van der Waals surface area (Å²) < 4.78 is 27.0. The normalized spacial score (nSPS) is 11.9. The zero-order valence-corrected chi connectivity index (χ0v) is 15.1. The zero-order chi connectivity index (χ0) is 17.5. The molecule has 0 saturated heterocycles. The third-order valence-electron chi connectivity index (χ3n) is 3.26. The van der Waals surface area contributed by atoms with Gasteiger partial charge < -0.3 is 10.2 Å². The van der Waals surface area contributed by atoms with Crippen molar-refractivity contribution < 1.29 is 13.2 Å². The maximum absolute atomic E-state index is 12.2. The van der Waals surface area contributed by atoms with Gasteiger partial charge in [0.2, 0.25) is 10.0 Å². The molecule has 0 fully saturated rings. The van der Waals surface area contributed by atoms with Gasteiger partial charge in [-0.05, 0) is 44.6 Å². The van der Waals surface area contributed by atoms with Gasteiger partial charge in [0.25, 0.3) is 5.91 Å². The Kier molecular flexibility index (Phi) is 7.67. The van der Waals surface area contributed by atoms with E-state index >= 15 is 0 Å². The average Bonchev–Trinajstić information content (AvgIpc) is 2.46. The summed E-state index contributed by atoms with van der Waals surface area (Å²) in [6, 6.07) is 6.09. The van der Waals surface area contributed by atoms with Gasteiger partial charge in [-0.25, -0.2) is 13.1 Å². The van der Waals surface area contributed by atoms with E-state index in [-0.39, 0.29) is 10.8 Å². The number of rotatable bonds is 9. The minimum atomic E-state index is -3.60. The Bertz CT molecular complexity index is 613. The molecular formula is C16H27N3O3S. The maximum Gasteiger partial charge on any atom is 0.251 e. The summed E-state index contributed by atoms with van der Waals surface area (Å²) in [6.07, 6.45) is 0.885. The summed E-state index contributed by atoms with van der Waals surface area (Å²) in [5, 5.41) is 2.81. The average molecular weight is 341 g/mol. The van der Waals surface area contributed by atoms with Gasteiger partial charge in [-0.1, -0.05) is 19.9 Å². The molecule has 1 amide bonds. The van der Waals surface area contributed by atoms with E-state index in [1.807, 2.05) is 19.0 Å². The van der Waals surface area contributed by atoms with Gasteiger partial charge in [-0.3, -0.25) is 4.79 Å². The predicted molar refractivity (Wildman–Crippen MR) is 92.0 cm³/mol. The fraction of sp³-hybridized carbons (Fsp3) is 0.562. The summed E-state index contributed by atoms with van der Waals surface area (Å²) in [6.45, 7) is 5.67. The first kappa shape index (κ1) is 19.6. The highest BCUT2D eigenvalue weighted by molar-refractivity contribution is 7.89. The molecule has 0 spiro atoms. The third-order valence-corrected chi connectivity index (χ3v) is 4.72. The van der Waals surface area contributed by atoms with Crippen LogP contribution in [0.3, 0.4) is 0 Å². The van der Waals surface area contributed by atoms with Crippen LogP contribution >= 0.6 is 0 Å². The highest BCUT2D eigenvalue weighted by Gasteiger charge is 2.15. The largest absolute Gasteiger partial charge is 0.352 e. The Morgan fingerprint density at radius 1 is 1.22 bits per heavy atom. The molecule has 0 aromatic heterocycles. The van der Waals surface area contributed by atoms with Crippen molar-refractivity contribution in [1.29, 1.82) is 0 Å². The SMILES string of the molecule is CC(C)CCNC(=O)c1cccc(S(=O)(=O)NCCN(C)C)c1. The highest BCUT2D eigenvalue weighted by Crippen LogP contribution is 2.11. The molecule has 1 rings (SSSR count). The van der Waals surface area contributed by atoms with Crippen molar-refractivity contribution in [2.45, 2.75) is 25.2 Å². The molecule has 1 aromatic carbocycles. The van der Waals surface area contributed by atoms with Crippen LogP contribution in [-0.2, 0) is 10.0 Å². The van der Waals surface area contributed by atoms with Gasteiger partial charge in [-0.2, -0.15) is 0 Å². The van der Waals surface area contributed by atoms with Crippen LogP contribution in [0.15, 0.2) is 29.2 Å². The molecule has 0 saturated carbocycles. The van der Waals surface area contributed by atoms with Crippen LogP contribution in [0.2, 0.25) is 0 Å². The quantitative estimate of drug-likeness (QED) is 0.710. The lowest BCUT2D eigenvalue weighted by atomic mass is 10.1. The van der Waals surface area contributed by atoms with E-state index in [1.165, 1.54) is 12.1 Å². The number of nitrogens with one attached hydrogen (secondary N) is 2. The van der Waals surface area contributed by atoms with Crippen LogP contribution in [0, 0.1) is 5.92 Å². The van der Waals surface area contributed by atoms with Crippen LogP contribution in [0.4, 0.5) is 0 Å². The fourth-order valence-electron chi connectivity index (χ4n) is 1.87. The van der Waals surface area contributed by atoms with E-state index in [2.05, 4.69) is 23.9 Å². The lowest BCUT2D eigenvalue weighted by Crippen LogP contribution is -2.31. The Balaban J connectivity index is 2.73. The van der Waals surface area contributed by atoms with Crippen molar-refractivity contribution in [2.75, 3.05) is 33.7 Å². The van der Waals surface area contributed by atoms with Crippen LogP contribution in [0.5, 0.6) is 0 Å². The molecule has 23 heavy (non-hydrogen) atoms. The molecule has 0 unspecified atom stereocenters. The van der Waals surface area contributed by atoms with Gasteiger partial charge in [0, 0.05) is 25.2 Å². The van der Waals surface area contributed by atoms with Crippen LogP contribution < -0.4 is 10.0 Å². The number of likely N-dealkylation sites (N-methyl/N-ethyl adjacent to an activating group) is 1. The molecule has 2 N–H and O–H groups in total. The Labute approximate surface area is 139 Å². The smallest absolute Gasteiger partial charge is 0.251 e. The molecule has 7 heteroatoms. The van der Waals surface area contributed by atoms with Gasteiger partial charge >= 0.3 is 0 Å². The minimum absolute atomic E-state index is 0.104. The highest BCUT2D eigenvalue weighted by atomic mass is 32.2. The van der Waals surface area contributed by atoms with E-state index in [4.69, 9.17) is 0 Å². The molecule has 0 heterocycles. The van der Waals surface area contributed by atoms with E-state index in [0.717, 1.165) is 6.42 Å². The molecule has 6 nitrogen and oxygen atoms in total. The number of amides is 1. The second-order valence-corrected chi connectivity index (χ2v) is 7.93. The standard InChI is InChI=1S/C16H27N3O3S/c1-13(2)8-9-17-16(20)14-6-5-7-15(12-14)23(21,22)18-10-11-19(3)4/h5-7,12-13,18H,8-11H2,1-4H3,(H,17,20). The molecular weight excluding hydrogens is 314 g/mol. The molecule has 130 valence electrons. The van der Waals surface area contributed by atoms with Crippen molar-refractivity contribution in [1.82, 2.24) is 14.9 Å². The number of sulfonamides is 1. The number of carbonyl (C=O) groups is 1. The van der Waals surface area contributed by atoms with Gasteiger partial charge in [-0.15, -0.1) is 0 Å². The topological polar surface area (TPSA) is 78.5 Å². The summed E-state index contributed by atoms with van der Waals surface area (Å²) in [5.41, 5.74) is 0.351. The summed E-state index contributed by atoms with van der Waals surface area (Å²) in [4.78, 5) is 14.1. The molecule has 0 bridgehead atoms. The van der Waals surface area contributed by atoms with Gasteiger partial charge in [0.05, 0.1) is 4.90 Å². The van der Waals surface area contributed by atoms with E-state index in [1.54, 1.807) is 12.1 Å². The summed E-state index contributed by atoms with van der Waals surface area (Å²) in [5.74, 6) is 0.249. The number of benzene rings is 1. The van der Waals surface area contributed by atoms with Crippen molar-refractivity contribution in [2.24, 2.45) is 5.92 Å². The second kappa shape index (κ2) is 9.00. The number of nitrogens with zero attached hydrogens (tertiary/aromatic N) is 1. The minimum Gasteiger partial charge on any atom is -0.352 e. The Morgan fingerprint density at radius 2 is 1.91 bits per heavy atom. The first-order chi connectivity index (χ1) is 10.7. The first-order valence-electron chi connectivity index (χ1n) is 7.75. The van der Waals surface area contributed by atoms with Crippen molar-refractivity contribution in [3.8, 4) is 0 Å². The van der Waals surface area contributed by atoms with Gasteiger partial charge in [0.15, 0.2) is 0 Å². The van der Waals surface area contributed by atoms with Crippen LogP contribution in [0.1, 0.15) is 30.6 Å². The summed E-state index contributed by atoms with van der Waals surface area (Å²) >= 11 is 0. The van der Waals surface area contributed by atoms with Crippen molar-refractivity contribution in [3.63, 3.8) is 0 Å². The van der Waals surface area contributed by atoms with Crippen molar-refractivity contribution >= 4 is 15.9 Å². The Hall–Kier alpha value is -1.44.